The first kappa shape index (κ1) is 12.1. The molecular formula is C10H19NO2. The summed E-state index contributed by atoms with van der Waals surface area (Å²) in [5, 5.41) is 11.2. The molecule has 76 valence electrons. The number of carbonyl (C=O) groups is 1. The lowest BCUT2D eigenvalue weighted by Gasteiger charge is -1.98. The Hall–Kier alpha value is -0.860. The van der Waals surface area contributed by atoms with Gasteiger partial charge in [0, 0.05) is 0 Å². The highest BCUT2D eigenvalue weighted by atomic mass is 16.4. The van der Waals surface area contributed by atoms with Gasteiger partial charge >= 0.3 is 0 Å². The second kappa shape index (κ2) is 9.23. The molecule has 0 radical (unpaired) electrons. The number of aldehydes is 1. The van der Waals surface area contributed by atoms with E-state index >= 15 is 0 Å². The van der Waals surface area contributed by atoms with Crippen LogP contribution in [0.4, 0.5) is 0 Å². The fourth-order valence-corrected chi connectivity index (χ4v) is 1.22. The number of nitrogens with zero attached hydrogens (tertiary/aromatic N) is 1. The highest BCUT2D eigenvalue weighted by Gasteiger charge is 1.97. The molecular weight excluding hydrogens is 166 g/mol. The smallest absolute Gasteiger partial charge is 0.167 e. The van der Waals surface area contributed by atoms with Crippen LogP contribution in [0.5, 0.6) is 0 Å². The largest absolute Gasteiger partial charge is 0.411 e. The van der Waals surface area contributed by atoms with Gasteiger partial charge in [-0.1, -0.05) is 44.2 Å². The van der Waals surface area contributed by atoms with Crippen LogP contribution in [-0.4, -0.2) is 17.2 Å². The van der Waals surface area contributed by atoms with E-state index in [0.717, 1.165) is 12.8 Å². The standard InChI is InChI=1S/C10H19NO2/c1-2-3-4-5-6-7-8-10(9-12)11-13/h9,13H,2-8H2,1H3. The molecule has 0 fully saturated rings. The third-order valence-electron chi connectivity index (χ3n) is 2.05. The first-order valence-corrected chi connectivity index (χ1v) is 5.01. The van der Waals surface area contributed by atoms with E-state index in [2.05, 4.69) is 12.1 Å². The number of unbranched alkanes of at least 4 members (excludes halogenated alkanes) is 5. The molecule has 0 atom stereocenters. The van der Waals surface area contributed by atoms with E-state index in [-0.39, 0.29) is 5.71 Å². The van der Waals surface area contributed by atoms with Gasteiger partial charge in [0.1, 0.15) is 5.71 Å². The van der Waals surface area contributed by atoms with Crippen molar-refractivity contribution in [1.82, 2.24) is 0 Å². The first-order valence-electron chi connectivity index (χ1n) is 5.01. The van der Waals surface area contributed by atoms with Crippen LogP contribution in [0.3, 0.4) is 0 Å². The number of rotatable bonds is 8. The molecule has 0 saturated heterocycles. The Morgan fingerprint density at radius 3 is 2.38 bits per heavy atom. The monoisotopic (exact) mass is 185 g/mol. The van der Waals surface area contributed by atoms with Crippen molar-refractivity contribution in [2.75, 3.05) is 0 Å². The van der Waals surface area contributed by atoms with E-state index in [9.17, 15) is 4.79 Å². The van der Waals surface area contributed by atoms with Crippen LogP contribution in [0.15, 0.2) is 5.16 Å². The van der Waals surface area contributed by atoms with E-state index in [1.807, 2.05) is 0 Å². The van der Waals surface area contributed by atoms with Crippen LogP contribution in [0.1, 0.15) is 51.9 Å². The van der Waals surface area contributed by atoms with Gasteiger partial charge in [0.2, 0.25) is 0 Å². The molecule has 0 aliphatic rings. The van der Waals surface area contributed by atoms with Crippen LogP contribution in [-0.2, 0) is 4.79 Å². The van der Waals surface area contributed by atoms with Crippen LogP contribution in [0, 0.1) is 0 Å². The van der Waals surface area contributed by atoms with Crippen molar-refractivity contribution in [3.63, 3.8) is 0 Å². The number of hydrogen-bond donors (Lipinski definition) is 1. The maximum atomic E-state index is 10.2. The Balaban J connectivity index is 3.20. The van der Waals surface area contributed by atoms with Crippen LogP contribution in [0.25, 0.3) is 0 Å². The van der Waals surface area contributed by atoms with Crippen molar-refractivity contribution in [3.8, 4) is 0 Å². The van der Waals surface area contributed by atoms with Gasteiger partial charge in [0.25, 0.3) is 0 Å². The summed E-state index contributed by atoms with van der Waals surface area (Å²) in [4.78, 5) is 10.2. The van der Waals surface area contributed by atoms with Gasteiger partial charge in [-0.05, 0) is 12.8 Å². The van der Waals surface area contributed by atoms with Crippen LogP contribution >= 0.6 is 0 Å². The van der Waals surface area contributed by atoms with Crippen molar-refractivity contribution in [1.29, 1.82) is 0 Å². The minimum atomic E-state index is 0.260. The van der Waals surface area contributed by atoms with Gasteiger partial charge in [0.15, 0.2) is 6.29 Å². The molecule has 0 rings (SSSR count). The zero-order valence-electron chi connectivity index (χ0n) is 8.33. The highest BCUT2D eigenvalue weighted by molar-refractivity contribution is 6.27. The maximum Gasteiger partial charge on any atom is 0.167 e. The molecule has 3 nitrogen and oxygen atoms in total. The first-order chi connectivity index (χ1) is 6.35. The van der Waals surface area contributed by atoms with E-state index in [1.54, 1.807) is 0 Å². The van der Waals surface area contributed by atoms with Crippen molar-refractivity contribution in [2.24, 2.45) is 5.16 Å². The molecule has 0 unspecified atom stereocenters. The molecule has 13 heavy (non-hydrogen) atoms. The minimum Gasteiger partial charge on any atom is -0.411 e. The fraction of sp³-hybridized carbons (Fsp3) is 0.800. The number of oxime groups is 1. The lowest BCUT2D eigenvalue weighted by Crippen LogP contribution is -1.99. The third kappa shape index (κ3) is 7.50. The molecule has 0 saturated carbocycles. The summed E-state index contributed by atoms with van der Waals surface area (Å²) in [6, 6.07) is 0. The third-order valence-corrected chi connectivity index (χ3v) is 2.05. The van der Waals surface area contributed by atoms with E-state index in [4.69, 9.17) is 5.21 Å². The number of hydrogen-bond acceptors (Lipinski definition) is 3. The molecule has 0 aliphatic heterocycles. The zero-order valence-corrected chi connectivity index (χ0v) is 8.33. The van der Waals surface area contributed by atoms with Gasteiger partial charge in [-0.25, -0.2) is 0 Å². The van der Waals surface area contributed by atoms with Crippen LogP contribution in [0.2, 0.25) is 0 Å². The normalized spacial score (nSPS) is 11.6. The summed E-state index contributed by atoms with van der Waals surface area (Å²) in [7, 11) is 0. The summed E-state index contributed by atoms with van der Waals surface area (Å²) >= 11 is 0. The quantitative estimate of drug-likeness (QED) is 0.208. The molecule has 1 N–H and O–H groups in total. The van der Waals surface area contributed by atoms with Crippen molar-refractivity contribution < 1.29 is 10.0 Å². The molecule has 0 bridgehead atoms. The van der Waals surface area contributed by atoms with Crippen LogP contribution < -0.4 is 0 Å². The Morgan fingerprint density at radius 2 is 1.85 bits per heavy atom. The second-order valence-corrected chi connectivity index (χ2v) is 3.23. The fourth-order valence-electron chi connectivity index (χ4n) is 1.22. The van der Waals surface area contributed by atoms with Gasteiger partial charge in [-0.2, -0.15) is 0 Å². The average Bonchev–Trinajstić information content (AvgIpc) is 2.17. The lowest BCUT2D eigenvalue weighted by molar-refractivity contribution is -0.102. The molecule has 3 heteroatoms. The average molecular weight is 185 g/mol. The minimum absolute atomic E-state index is 0.260. The van der Waals surface area contributed by atoms with Gasteiger partial charge in [0.05, 0.1) is 0 Å². The summed E-state index contributed by atoms with van der Waals surface area (Å²) < 4.78 is 0. The van der Waals surface area contributed by atoms with Crippen molar-refractivity contribution >= 4 is 12.0 Å². The van der Waals surface area contributed by atoms with E-state index in [1.165, 1.54) is 25.7 Å². The second-order valence-electron chi connectivity index (χ2n) is 3.23. The van der Waals surface area contributed by atoms with Gasteiger partial charge < -0.3 is 5.21 Å². The molecule has 0 aromatic rings. The summed E-state index contributed by atoms with van der Waals surface area (Å²) in [5.41, 5.74) is 0.260. The summed E-state index contributed by atoms with van der Waals surface area (Å²) in [6.07, 6.45) is 8.30. The van der Waals surface area contributed by atoms with E-state index < -0.39 is 0 Å². The Kier molecular flexibility index (Phi) is 8.62. The lowest BCUT2D eigenvalue weighted by atomic mass is 10.1. The summed E-state index contributed by atoms with van der Waals surface area (Å²) in [5.74, 6) is 0. The Labute approximate surface area is 79.8 Å². The Bertz CT molecular complexity index is 155. The zero-order chi connectivity index (χ0) is 9.94. The highest BCUT2D eigenvalue weighted by Crippen LogP contribution is 2.06. The summed E-state index contributed by atoms with van der Waals surface area (Å²) in [6.45, 7) is 2.18. The van der Waals surface area contributed by atoms with Crippen molar-refractivity contribution in [2.45, 2.75) is 51.9 Å². The maximum absolute atomic E-state index is 10.2. The molecule has 0 aliphatic carbocycles. The molecule has 0 heterocycles. The molecule has 0 aromatic heterocycles. The Morgan fingerprint density at radius 1 is 1.23 bits per heavy atom. The number of carbonyl (C=O) groups excluding carboxylic acids is 1. The van der Waals surface area contributed by atoms with Gasteiger partial charge in [-0.15, -0.1) is 0 Å². The topological polar surface area (TPSA) is 49.7 Å². The van der Waals surface area contributed by atoms with E-state index in [0.29, 0.717) is 12.7 Å². The predicted octanol–water partition coefficient (Wildman–Crippen LogP) is 2.77. The SMILES string of the molecule is CCCCCCCCC(C=O)=NO. The predicted molar refractivity (Wildman–Crippen MR) is 53.3 cm³/mol. The van der Waals surface area contributed by atoms with Gasteiger partial charge in [-0.3, -0.25) is 4.79 Å². The molecule has 0 spiro atoms. The van der Waals surface area contributed by atoms with Crippen molar-refractivity contribution in [3.05, 3.63) is 0 Å². The molecule has 0 aromatic carbocycles. The molecule has 0 amide bonds.